The maximum atomic E-state index is 2.75. The van der Waals surface area contributed by atoms with Crippen molar-refractivity contribution < 1.29 is 0 Å². The van der Waals surface area contributed by atoms with Crippen molar-refractivity contribution in [1.82, 2.24) is 0 Å². The van der Waals surface area contributed by atoms with Gasteiger partial charge in [-0.25, -0.2) is 0 Å². The molecule has 2 fully saturated rings. The van der Waals surface area contributed by atoms with Crippen LogP contribution in [0.25, 0.3) is 11.1 Å². The highest BCUT2D eigenvalue weighted by atomic mass is 28.3. The highest BCUT2D eigenvalue weighted by molar-refractivity contribution is 7.10. The highest BCUT2D eigenvalue weighted by Crippen LogP contribution is 2.41. The van der Waals surface area contributed by atoms with Gasteiger partial charge in [0.25, 0.3) is 0 Å². The zero-order valence-corrected chi connectivity index (χ0v) is 26.9. The summed E-state index contributed by atoms with van der Waals surface area (Å²) in [6.45, 7) is 0. The van der Waals surface area contributed by atoms with E-state index in [1.807, 2.05) is 0 Å². The van der Waals surface area contributed by atoms with Crippen LogP contribution in [0.1, 0.15) is 62.5 Å². The van der Waals surface area contributed by atoms with Crippen molar-refractivity contribution in [2.45, 2.75) is 57.8 Å². The molecule has 3 aliphatic carbocycles. The van der Waals surface area contributed by atoms with Crippen molar-refractivity contribution in [2.24, 2.45) is 0 Å². The SMILES string of the molecule is C1=C2CCCCC2=C[Si]1(c1ccccc1)c1ccc2c(c1)-c1cc([Si]3(c4ccccc4)C=C4CCCCC4=C3)ccc1C2. The monoisotopic (exact) mass is 586 g/mol. The maximum Gasteiger partial charge on any atom is 0.165 e. The van der Waals surface area contributed by atoms with Gasteiger partial charge in [-0.3, -0.25) is 0 Å². The molecule has 4 aromatic carbocycles. The number of rotatable bonds is 4. The third-order valence-electron chi connectivity index (χ3n) is 11.1. The van der Waals surface area contributed by atoms with Gasteiger partial charge in [-0.2, -0.15) is 0 Å². The zero-order valence-electron chi connectivity index (χ0n) is 24.9. The van der Waals surface area contributed by atoms with Crippen molar-refractivity contribution in [3.8, 4) is 11.1 Å². The van der Waals surface area contributed by atoms with Crippen molar-refractivity contribution in [2.75, 3.05) is 0 Å². The lowest BCUT2D eigenvalue weighted by atomic mass is 9.92. The molecule has 9 rings (SSSR count). The Morgan fingerprint density at radius 3 is 1.12 bits per heavy atom. The third kappa shape index (κ3) is 4.00. The van der Waals surface area contributed by atoms with Crippen LogP contribution in [0.15, 0.2) is 142 Å². The van der Waals surface area contributed by atoms with Gasteiger partial charge in [-0.05, 0) is 101 Å². The molecule has 0 aromatic heterocycles. The molecule has 0 bridgehead atoms. The zero-order chi connectivity index (χ0) is 28.4. The number of benzene rings is 4. The lowest BCUT2D eigenvalue weighted by Crippen LogP contribution is -2.55. The van der Waals surface area contributed by atoms with E-state index in [0.29, 0.717) is 0 Å². The van der Waals surface area contributed by atoms with Crippen LogP contribution in [0, 0.1) is 0 Å². The lowest BCUT2D eigenvalue weighted by molar-refractivity contribution is 0.682. The Morgan fingerprint density at radius 1 is 0.372 bits per heavy atom. The minimum atomic E-state index is -2.14. The summed E-state index contributed by atoms with van der Waals surface area (Å²) in [5.41, 5.74) is 23.5. The van der Waals surface area contributed by atoms with Gasteiger partial charge < -0.3 is 0 Å². The standard InChI is InChI=1S/C41H38Si2/c1-3-15-36(16-4-1)42(26-32-11-7-8-12-33(32)27-42)38-21-19-30-23-31-20-22-39(25-41(31)40(30)24-38)43(37-17-5-2-6-18-37)28-34-13-9-10-14-35(34)29-43/h1-6,15-22,24-29H,7-14,23H2. The maximum absolute atomic E-state index is 2.75. The van der Waals surface area contributed by atoms with Crippen LogP contribution < -0.4 is 20.7 Å². The van der Waals surface area contributed by atoms with Crippen LogP contribution in [0.5, 0.6) is 0 Å². The Balaban J connectivity index is 1.20. The molecule has 0 nitrogen and oxygen atoms in total. The first kappa shape index (κ1) is 25.7. The van der Waals surface area contributed by atoms with Crippen LogP contribution in [-0.4, -0.2) is 16.1 Å². The molecule has 0 saturated heterocycles. The first-order valence-electron chi connectivity index (χ1n) is 16.5. The number of allylic oxidation sites excluding steroid dienone is 4. The molecule has 5 aliphatic rings. The van der Waals surface area contributed by atoms with Gasteiger partial charge in [0.05, 0.1) is 0 Å². The molecule has 0 amide bonds. The number of fused-ring (bicyclic) bond motifs is 5. The van der Waals surface area contributed by atoms with Gasteiger partial charge in [-0.15, -0.1) is 0 Å². The number of hydrogen-bond acceptors (Lipinski definition) is 0. The summed E-state index contributed by atoms with van der Waals surface area (Å²) in [4.78, 5) is 0. The van der Waals surface area contributed by atoms with Crippen molar-refractivity contribution in [3.63, 3.8) is 0 Å². The number of hydrogen-bond donors (Lipinski definition) is 0. The summed E-state index contributed by atoms with van der Waals surface area (Å²) < 4.78 is 0. The van der Waals surface area contributed by atoms with Crippen LogP contribution in [0.2, 0.25) is 0 Å². The van der Waals surface area contributed by atoms with Gasteiger partial charge >= 0.3 is 0 Å². The average molecular weight is 587 g/mol. The first-order chi connectivity index (χ1) is 21.2. The van der Waals surface area contributed by atoms with E-state index in [0.717, 1.165) is 6.42 Å². The molecule has 0 atom stereocenters. The second-order valence-corrected chi connectivity index (χ2v) is 20.4. The molecule has 2 heteroatoms. The van der Waals surface area contributed by atoms with Crippen molar-refractivity contribution in [3.05, 3.63) is 153 Å². The Morgan fingerprint density at radius 2 is 0.744 bits per heavy atom. The second-order valence-electron chi connectivity index (χ2n) is 13.5. The summed E-state index contributed by atoms with van der Waals surface area (Å²) in [5, 5.41) is 6.16. The molecular weight excluding hydrogens is 549 g/mol. The average Bonchev–Trinajstić information content (AvgIpc) is 3.77. The summed E-state index contributed by atoms with van der Waals surface area (Å²) in [7, 11) is -4.28. The molecule has 4 aromatic rings. The van der Waals surface area contributed by atoms with E-state index >= 15 is 0 Å². The fourth-order valence-electron chi connectivity index (χ4n) is 8.86. The van der Waals surface area contributed by atoms with E-state index in [-0.39, 0.29) is 0 Å². The normalized spacial score (nSPS) is 20.7. The van der Waals surface area contributed by atoms with Crippen molar-refractivity contribution in [1.29, 1.82) is 0 Å². The Kier molecular flexibility index (Phi) is 5.93. The summed E-state index contributed by atoms with van der Waals surface area (Å²) in [6, 6.07) is 38.1. The minimum Gasteiger partial charge on any atom is -0.0788 e. The van der Waals surface area contributed by atoms with Gasteiger partial charge in [0.1, 0.15) is 0 Å². The molecule has 2 saturated carbocycles. The predicted molar refractivity (Wildman–Crippen MR) is 187 cm³/mol. The van der Waals surface area contributed by atoms with Gasteiger partial charge in [0, 0.05) is 0 Å². The highest BCUT2D eigenvalue weighted by Gasteiger charge is 2.41. The quantitative estimate of drug-likeness (QED) is 0.192. The van der Waals surface area contributed by atoms with Gasteiger partial charge in [0.15, 0.2) is 16.1 Å². The summed E-state index contributed by atoms with van der Waals surface area (Å²) in [6.07, 6.45) is 11.4. The van der Waals surface area contributed by atoms with Crippen LogP contribution in [0.3, 0.4) is 0 Å². The summed E-state index contributed by atoms with van der Waals surface area (Å²) >= 11 is 0. The molecule has 210 valence electrons. The van der Waals surface area contributed by atoms with E-state index < -0.39 is 16.1 Å². The Bertz CT molecular complexity index is 1700. The molecule has 0 radical (unpaired) electrons. The molecule has 0 N–H and O–H groups in total. The second kappa shape index (κ2) is 9.90. The van der Waals surface area contributed by atoms with Gasteiger partial charge in [0.2, 0.25) is 0 Å². The molecule has 43 heavy (non-hydrogen) atoms. The third-order valence-corrected chi connectivity index (χ3v) is 19.4. The molecule has 0 unspecified atom stereocenters. The van der Waals surface area contributed by atoms with E-state index in [2.05, 4.69) is 120 Å². The first-order valence-corrected chi connectivity index (χ1v) is 20.8. The lowest BCUT2D eigenvalue weighted by Gasteiger charge is -2.26. The van der Waals surface area contributed by atoms with Crippen molar-refractivity contribution >= 4 is 36.9 Å². The van der Waals surface area contributed by atoms with Crippen LogP contribution in [0.4, 0.5) is 0 Å². The minimum absolute atomic E-state index is 1.05. The Hall–Kier alpha value is -3.73. The van der Waals surface area contributed by atoms with Gasteiger partial charge in [-0.1, -0.05) is 142 Å². The predicted octanol–water partition coefficient (Wildman–Crippen LogP) is 7.42. The van der Waals surface area contributed by atoms with E-state index in [1.165, 1.54) is 84.0 Å². The fourth-order valence-corrected chi connectivity index (χ4v) is 17.5. The molecule has 2 heterocycles. The Labute approximate surface area is 258 Å². The van der Waals surface area contributed by atoms with E-state index in [1.54, 1.807) is 32.7 Å². The summed E-state index contributed by atoms with van der Waals surface area (Å²) in [5.74, 6) is 0. The fraction of sp³-hybridized carbons (Fsp3) is 0.220. The molecule has 2 aliphatic heterocycles. The largest absolute Gasteiger partial charge is 0.165 e. The van der Waals surface area contributed by atoms with E-state index in [4.69, 9.17) is 0 Å². The molecule has 0 spiro atoms. The topological polar surface area (TPSA) is 0 Å². The molecular formula is C41H38Si2. The van der Waals surface area contributed by atoms with Crippen LogP contribution in [-0.2, 0) is 6.42 Å². The van der Waals surface area contributed by atoms with E-state index in [9.17, 15) is 0 Å². The smallest absolute Gasteiger partial charge is 0.0788 e. The van der Waals surface area contributed by atoms with Crippen LogP contribution >= 0.6 is 0 Å².